The van der Waals surface area contributed by atoms with Crippen LogP contribution in [0.5, 0.6) is 0 Å². The van der Waals surface area contributed by atoms with E-state index in [4.69, 9.17) is 0 Å². The Bertz CT molecular complexity index is 821. The molecular formula is C13H11FN4O2S. The number of pyridine rings is 1. The fourth-order valence-corrected chi connectivity index (χ4v) is 3.08. The largest absolute Gasteiger partial charge is 0.324 e. The van der Waals surface area contributed by atoms with Crippen molar-refractivity contribution in [3.63, 3.8) is 0 Å². The lowest BCUT2D eigenvalue weighted by molar-refractivity contribution is 0.592. The number of nitrogens with one attached hydrogen (secondary N) is 1. The molecular weight excluding hydrogens is 295 g/mol. The van der Waals surface area contributed by atoms with Crippen molar-refractivity contribution in [3.05, 3.63) is 48.4 Å². The van der Waals surface area contributed by atoms with Gasteiger partial charge >= 0.3 is 0 Å². The second-order valence-corrected chi connectivity index (χ2v) is 5.97. The van der Waals surface area contributed by atoms with Gasteiger partial charge in [0.25, 0.3) is 10.0 Å². The minimum Gasteiger partial charge on any atom is -0.324 e. The van der Waals surface area contributed by atoms with Crippen LogP contribution in [0.2, 0.25) is 0 Å². The molecule has 0 saturated carbocycles. The third-order valence-corrected chi connectivity index (χ3v) is 4.29. The molecule has 0 saturated heterocycles. The molecule has 0 unspecified atom stereocenters. The number of anilines is 2. The summed E-state index contributed by atoms with van der Waals surface area (Å²) >= 11 is 0. The van der Waals surface area contributed by atoms with Gasteiger partial charge in [-0.15, -0.1) is 4.40 Å². The topological polar surface area (TPSA) is 74.7 Å². The van der Waals surface area contributed by atoms with Gasteiger partial charge in [-0.25, -0.2) is 9.37 Å². The van der Waals surface area contributed by atoms with Crippen molar-refractivity contribution >= 4 is 27.5 Å². The molecule has 0 fully saturated rings. The van der Waals surface area contributed by atoms with Gasteiger partial charge < -0.3 is 5.32 Å². The Hall–Kier alpha value is -2.48. The maximum atomic E-state index is 13.2. The summed E-state index contributed by atoms with van der Waals surface area (Å²) in [6.45, 7) is 0. The monoisotopic (exact) mass is 306 g/mol. The maximum absolute atomic E-state index is 13.2. The van der Waals surface area contributed by atoms with Crippen LogP contribution in [-0.4, -0.2) is 26.4 Å². The average Bonchev–Trinajstić information content (AvgIpc) is 2.47. The lowest BCUT2D eigenvalue weighted by Crippen LogP contribution is -2.37. The van der Waals surface area contributed by atoms with Crippen LogP contribution in [0.3, 0.4) is 0 Å². The van der Waals surface area contributed by atoms with Gasteiger partial charge in [-0.1, -0.05) is 6.07 Å². The minimum atomic E-state index is -3.95. The van der Waals surface area contributed by atoms with Crippen molar-refractivity contribution in [2.45, 2.75) is 4.90 Å². The summed E-state index contributed by atoms with van der Waals surface area (Å²) in [7, 11) is -2.31. The number of nitrogens with zero attached hydrogens (tertiary/aromatic N) is 3. The van der Waals surface area contributed by atoms with Gasteiger partial charge in [0, 0.05) is 13.2 Å². The highest BCUT2D eigenvalue weighted by Gasteiger charge is 2.27. The highest BCUT2D eigenvalue weighted by Crippen LogP contribution is 2.28. The number of fused-ring (bicyclic) bond motifs is 1. The van der Waals surface area contributed by atoms with Gasteiger partial charge in [-0.3, -0.25) is 4.90 Å². The molecule has 21 heavy (non-hydrogen) atoms. The highest BCUT2D eigenvalue weighted by atomic mass is 32.2. The lowest BCUT2D eigenvalue weighted by Gasteiger charge is -2.25. The predicted molar refractivity (Wildman–Crippen MR) is 77.3 cm³/mol. The van der Waals surface area contributed by atoms with Crippen molar-refractivity contribution in [1.29, 1.82) is 0 Å². The van der Waals surface area contributed by atoms with Crippen molar-refractivity contribution in [2.75, 3.05) is 17.3 Å². The zero-order valence-corrected chi connectivity index (χ0v) is 11.8. The first-order valence-electron chi connectivity index (χ1n) is 6.04. The molecule has 1 aliphatic rings. The van der Waals surface area contributed by atoms with E-state index in [2.05, 4.69) is 14.7 Å². The molecule has 0 aliphatic carbocycles. The molecule has 0 radical (unpaired) electrons. The van der Waals surface area contributed by atoms with Crippen LogP contribution in [0, 0.1) is 5.82 Å². The first-order valence-corrected chi connectivity index (χ1v) is 7.48. The second kappa shape index (κ2) is 4.81. The Labute approximate surface area is 121 Å². The van der Waals surface area contributed by atoms with Crippen molar-refractivity contribution in [2.24, 2.45) is 4.40 Å². The Morgan fingerprint density at radius 2 is 2.05 bits per heavy atom. The number of guanidine groups is 1. The molecule has 2 aromatic rings. The van der Waals surface area contributed by atoms with Gasteiger partial charge in [0.1, 0.15) is 16.5 Å². The van der Waals surface area contributed by atoms with E-state index in [0.717, 1.165) is 6.07 Å². The van der Waals surface area contributed by atoms with Crippen LogP contribution in [0.4, 0.5) is 15.9 Å². The lowest BCUT2D eigenvalue weighted by atomic mass is 10.3. The van der Waals surface area contributed by atoms with E-state index in [1.54, 1.807) is 31.4 Å². The van der Waals surface area contributed by atoms with Crippen molar-refractivity contribution in [1.82, 2.24) is 4.98 Å². The van der Waals surface area contributed by atoms with Crippen LogP contribution >= 0.6 is 0 Å². The smallest absolute Gasteiger partial charge is 0.287 e. The first-order chi connectivity index (χ1) is 9.97. The standard InChI is InChI=1S/C13H11FN4O2S/c1-18(12-4-2-3-7-15-12)13-16-10-6-5-9(14)8-11(10)21(19,20)17-13/h2-8H,1H3,(H,16,17). The zero-order valence-electron chi connectivity index (χ0n) is 11.0. The molecule has 108 valence electrons. The summed E-state index contributed by atoms with van der Waals surface area (Å²) in [4.78, 5) is 5.45. The summed E-state index contributed by atoms with van der Waals surface area (Å²) in [5.41, 5.74) is 0.282. The fourth-order valence-electron chi connectivity index (χ4n) is 1.92. The van der Waals surface area contributed by atoms with Gasteiger partial charge in [0.15, 0.2) is 0 Å². The average molecular weight is 306 g/mol. The minimum absolute atomic E-state index is 0.104. The number of aromatic nitrogens is 1. The van der Waals surface area contributed by atoms with E-state index in [1.165, 1.54) is 17.0 Å². The Balaban J connectivity index is 2.05. The van der Waals surface area contributed by atoms with E-state index < -0.39 is 15.8 Å². The number of halogens is 1. The van der Waals surface area contributed by atoms with Crippen LogP contribution in [-0.2, 0) is 10.0 Å². The van der Waals surface area contributed by atoms with Crippen LogP contribution in [0.15, 0.2) is 51.9 Å². The molecule has 0 atom stereocenters. The highest BCUT2D eigenvalue weighted by molar-refractivity contribution is 7.90. The predicted octanol–water partition coefficient (Wildman–Crippen LogP) is 1.83. The van der Waals surface area contributed by atoms with E-state index in [1.807, 2.05) is 0 Å². The molecule has 2 heterocycles. The van der Waals surface area contributed by atoms with Crippen LogP contribution in [0.25, 0.3) is 0 Å². The summed E-state index contributed by atoms with van der Waals surface area (Å²) in [5.74, 6) is 0.00757. The molecule has 1 aliphatic heterocycles. The fraction of sp³-hybridized carbons (Fsp3) is 0.0769. The normalized spacial score (nSPS) is 15.6. The van der Waals surface area contributed by atoms with E-state index in [9.17, 15) is 12.8 Å². The molecule has 1 aromatic carbocycles. The third-order valence-electron chi connectivity index (χ3n) is 2.99. The van der Waals surface area contributed by atoms with Gasteiger partial charge in [-0.2, -0.15) is 8.42 Å². The Morgan fingerprint density at radius 3 is 2.76 bits per heavy atom. The zero-order chi connectivity index (χ0) is 15.0. The molecule has 1 N–H and O–H groups in total. The molecule has 0 amide bonds. The SMILES string of the molecule is CN(C1=NS(=O)(=O)c2cc(F)ccc2N1)c1ccccn1. The van der Waals surface area contributed by atoms with E-state index >= 15 is 0 Å². The van der Waals surface area contributed by atoms with Gasteiger partial charge in [0.2, 0.25) is 5.96 Å². The number of sulfonamides is 1. The third kappa shape index (κ3) is 2.45. The maximum Gasteiger partial charge on any atom is 0.287 e. The molecule has 8 heteroatoms. The van der Waals surface area contributed by atoms with Gasteiger partial charge in [0.05, 0.1) is 5.69 Å². The number of rotatable bonds is 1. The number of hydrogen-bond acceptors (Lipinski definition) is 5. The Kier molecular flexibility index (Phi) is 3.09. The molecule has 3 rings (SSSR count). The van der Waals surface area contributed by atoms with Crippen LogP contribution in [0.1, 0.15) is 0 Å². The summed E-state index contributed by atoms with van der Waals surface area (Å²) in [5, 5.41) is 2.87. The molecule has 6 nitrogen and oxygen atoms in total. The first kappa shape index (κ1) is 13.5. The summed E-state index contributed by atoms with van der Waals surface area (Å²) in [6, 6.07) is 8.74. The quantitative estimate of drug-likeness (QED) is 0.870. The molecule has 0 bridgehead atoms. The van der Waals surface area contributed by atoms with Gasteiger partial charge in [-0.05, 0) is 30.3 Å². The van der Waals surface area contributed by atoms with Crippen molar-refractivity contribution < 1.29 is 12.8 Å². The summed E-state index contributed by atoms with van der Waals surface area (Å²) in [6.07, 6.45) is 1.59. The van der Waals surface area contributed by atoms with E-state index in [-0.39, 0.29) is 16.5 Å². The Morgan fingerprint density at radius 1 is 1.24 bits per heavy atom. The number of benzene rings is 1. The van der Waals surface area contributed by atoms with Crippen molar-refractivity contribution in [3.8, 4) is 0 Å². The summed E-state index contributed by atoms with van der Waals surface area (Å²) < 4.78 is 41.1. The number of hydrogen-bond donors (Lipinski definition) is 1. The molecule has 0 spiro atoms. The van der Waals surface area contributed by atoms with E-state index in [0.29, 0.717) is 5.82 Å². The molecule has 1 aromatic heterocycles. The van der Waals surface area contributed by atoms with Crippen LogP contribution < -0.4 is 10.2 Å². The second-order valence-electron chi connectivity index (χ2n) is 4.40.